The maximum atomic E-state index is 10.1. The Balaban J connectivity index is 3.01. The standard InChI is InChI=1S/C8H8O2S/c1-6-2-3-7(10)4-8(6)11-5-9/h2-5,10H,1H3. The number of thioether (sulfide) groups is 1. The second-order valence-electron chi connectivity index (χ2n) is 2.16. The van der Waals surface area contributed by atoms with Crippen LogP contribution in [0.25, 0.3) is 0 Å². The van der Waals surface area contributed by atoms with Crippen LogP contribution in [0.2, 0.25) is 0 Å². The Bertz CT molecular complexity index is 271. The molecule has 0 radical (unpaired) electrons. The number of phenolic OH excluding ortho intramolecular Hbond substituents is 1. The zero-order valence-corrected chi connectivity index (χ0v) is 6.89. The zero-order valence-electron chi connectivity index (χ0n) is 6.07. The van der Waals surface area contributed by atoms with Gasteiger partial charge in [0.1, 0.15) is 5.75 Å². The van der Waals surface area contributed by atoms with E-state index in [0.29, 0.717) is 0 Å². The third kappa shape index (κ3) is 1.98. The Morgan fingerprint density at radius 3 is 2.91 bits per heavy atom. The topological polar surface area (TPSA) is 37.3 Å². The van der Waals surface area contributed by atoms with Crippen molar-refractivity contribution in [2.75, 3.05) is 0 Å². The summed E-state index contributed by atoms with van der Waals surface area (Å²) >= 11 is 1.08. The highest BCUT2D eigenvalue weighted by molar-refractivity contribution is 8.11. The van der Waals surface area contributed by atoms with Gasteiger partial charge in [-0.05, 0) is 24.6 Å². The van der Waals surface area contributed by atoms with Crippen LogP contribution in [0.1, 0.15) is 5.56 Å². The molecule has 0 saturated carbocycles. The van der Waals surface area contributed by atoms with Crippen LogP contribution in [0, 0.1) is 6.92 Å². The largest absolute Gasteiger partial charge is 0.508 e. The number of rotatable bonds is 2. The molecule has 1 aromatic rings. The summed E-state index contributed by atoms with van der Waals surface area (Å²) < 4.78 is 0. The van der Waals surface area contributed by atoms with E-state index in [9.17, 15) is 4.79 Å². The molecular formula is C8H8O2S. The summed E-state index contributed by atoms with van der Waals surface area (Å²) in [5.41, 5.74) is 1.75. The fourth-order valence-electron chi connectivity index (χ4n) is 0.768. The van der Waals surface area contributed by atoms with E-state index in [1.54, 1.807) is 18.2 Å². The van der Waals surface area contributed by atoms with Crippen LogP contribution in [0.15, 0.2) is 23.1 Å². The summed E-state index contributed by atoms with van der Waals surface area (Å²) in [6.45, 7) is 1.89. The van der Waals surface area contributed by atoms with Crippen LogP contribution in [0.5, 0.6) is 5.75 Å². The lowest BCUT2D eigenvalue weighted by atomic mass is 10.2. The van der Waals surface area contributed by atoms with Gasteiger partial charge in [0, 0.05) is 4.90 Å². The number of phenols is 1. The first-order chi connectivity index (χ1) is 5.24. The van der Waals surface area contributed by atoms with Crippen LogP contribution in [0.3, 0.4) is 0 Å². The number of aryl methyl sites for hydroxylation is 1. The lowest BCUT2D eigenvalue weighted by molar-refractivity contribution is 0.473. The van der Waals surface area contributed by atoms with Gasteiger partial charge in [0.25, 0.3) is 0 Å². The molecule has 1 aromatic carbocycles. The molecule has 0 aliphatic rings. The van der Waals surface area contributed by atoms with Crippen LogP contribution in [-0.2, 0) is 4.79 Å². The van der Waals surface area contributed by atoms with Crippen molar-refractivity contribution in [3.05, 3.63) is 23.8 Å². The van der Waals surface area contributed by atoms with Crippen LogP contribution < -0.4 is 0 Å². The first kappa shape index (κ1) is 8.14. The van der Waals surface area contributed by atoms with Crippen molar-refractivity contribution >= 4 is 17.4 Å². The lowest BCUT2D eigenvalue weighted by Crippen LogP contribution is -1.77. The fraction of sp³-hybridized carbons (Fsp3) is 0.125. The minimum atomic E-state index is 0.194. The SMILES string of the molecule is Cc1ccc(O)cc1SC=O. The van der Waals surface area contributed by atoms with Crippen molar-refractivity contribution < 1.29 is 9.90 Å². The number of aromatic hydroxyl groups is 1. The van der Waals surface area contributed by atoms with Crippen molar-refractivity contribution in [2.45, 2.75) is 11.8 Å². The molecule has 11 heavy (non-hydrogen) atoms. The van der Waals surface area contributed by atoms with Crippen molar-refractivity contribution in [3.63, 3.8) is 0 Å². The van der Waals surface area contributed by atoms with Gasteiger partial charge in [-0.15, -0.1) is 0 Å². The maximum Gasteiger partial charge on any atom is 0.180 e. The highest BCUT2D eigenvalue weighted by Gasteiger charge is 1.98. The van der Waals surface area contributed by atoms with Gasteiger partial charge in [-0.3, -0.25) is 4.79 Å². The Kier molecular flexibility index (Phi) is 2.54. The van der Waals surface area contributed by atoms with Crippen molar-refractivity contribution in [1.29, 1.82) is 0 Å². The molecule has 0 aromatic heterocycles. The molecule has 0 aliphatic carbocycles. The Labute approximate surface area is 69.2 Å². The number of carbonyl (C=O) groups excluding carboxylic acids is 1. The van der Waals surface area contributed by atoms with Crippen LogP contribution >= 0.6 is 11.8 Å². The van der Waals surface area contributed by atoms with E-state index in [1.807, 2.05) is 6.92 Å². The number of hydrogen-bond acceptors (Lipinski definition) is 3. The van der Waals surface area contributed by atoms with E-state index in [0.717, 1.165) is 27.8 Å². The maximum absolute atomic E-state index is 10.1. The van der Waals surface area contributed by atoms with E-state index < -0.39 is 0 Å². The minimum absolute atomic E-state index is 0.194. The van der Waals surface area contributed by atoms with Crippen LogP contribution in [0.4, 0.5) is 0 Å². The van der Waals surface area contributed by atoms with Gasteiger partial charge >= 0.3 is 0 Å². The summed E-state index contributed by atoms with van der Waals surface area (Å²) in [4.78, 5) is 10.9. The Morgan fingerprint density at radius 1 is 1.55 bits per heavy atom. The predicted octanol–water partition coefficient (Wildman–Crippen LogP) is 1.98. The van der Waals surface area contributed by atoms with E-state index in [-0.39, 0.29) is 5.75 Å². The van der Waals surface area contributed by atoms with E-state index in [2.05, 4.69) is 0 Å². The summed E-state index contributed by atoms with van der Waals surface area (Å²) in [6.07, 6.45) is 0. The molecule has 0 amide bonds. The summed E-state index contributed by atoms with van der Waals surface area (Å²) in [6, 6.07) is 4.96. The highest BCUT2D eigenvalue weighted by Crippen LogP contribution is 2.24. The fourth-order valence-corrected chi connectivity index (χ4v) is 1.31. The minimum Gasteiger partial charge on any atom is -0.508 e. The second-order valence-corrected chi connectivity index (χ2v) is 3.03. The molecule has 0 atom stereocenters. The van der Waals surface area contributed by atoms with Gasteiger partial charge in [-0.1, -0.05) is 17.8 Å². The zero-order chi connectivity index (χ0) is 8.27. The molecule has 0 aliphatic heterocycles. The molecule has 0 saturated heterocycles. The van der Waals surface area contributed by atoms with Crippen molar-refractivity contribution in [3.8, 4) is 5.75 Å². The van der Waals surface area contributed by atoms with Gasteiger partial charge in [-0.2, -0.15) is 0 Å². The van der Waals surface area contributed by atoms with Crippen molar-refractivity contribution in [1.82, 2.24) is 0 Å². The number of benzene rings is 1. The molecule has 58 valence electrons. The predicted molar refractivity (Wildman–Crippen MR) is 45.5 cm³/mol. The molecule has 1 rings (SSSR count). The summed E-state index contributed by atoms with van der Waals surface area (Å²) in [5, 5.41) is 9.03. The van der Waals surface area contributed by atoms with E-state index in [4.69, 9.17) is 5.11 Å². The van der Waals surface area contributed by atoms with Crippen molar-refractivity contribution in [2.24, 2.45) is 0 Å². The molecular weight excluding hydrogens is 160 g/mol. The molecule has 0 unspecified atom stereocenters. The third-order valence-electron chi connectivity index (χ3n) is 1.35. The molecule has 1 N–H and O–H groups in total. The Morgan fingerprint density at radius 2 is 2.27 bits per heavy atom. The first-order valence-electron chi connectivity index (χ1n) is 3.14. The quantitative estimate of drug-likeness (QED) is 0.542. The molecule has 0 fully saturated rings. The Hall–Kier alpha value is -0.960. The van der Waals surface area contributed by atoms with Gasteiger partial charge in [0.2, 0.25) is 0 Å². The van der Waals surface area contributed by atoms with Gasteiger partial charge in [0.15, 0.2) is 5.62 Å². The summed E-state index contributed by atoms with van der Waals surface area (Å²) in [7, 11) is 0. The van der Waals surface area contributed by atoms with Gasteiger partial charge < -0.3 is 5.11 Å². The molecule has 2 nitrogen and oxygen atoms in total. The number of hydrogen-bond donors (Lipinski definition) is 1. The van der Waals surface area contributed by atoms with Gasteiger partial charge in [0.05, 0.1) is 0 Å². The number of carbonyl (C=O) groups is 1. The molecule has 0 spiro atoms. The van der Waals surface area contributed by atoms with E-state index >= 15 is 0 Å². The average Bonchev–Trinajstić information content (AvgIpc) is 1.98. The highest BCUT2D eigenvalue weighted by atomic mass is 32.2. The van der Waals surface area contributed by atoms with Gasteiger partial charge in [-0.25, -0.2) is 0 Å². The van der Waals surface area contributed by atoms with Crippen LogP contribution in [-0.4, -0.2) is 10.7 Å². The first-order valence-corrected chi connectivity index (χ1v) is 4.02. The monoisotopic (exact) mass is 168 g/mol. The molecule has 3 heteroatoms. The normalized spacial score (nSPS) is 9.55. The third-order valence-corrected chi connectivity index (χ3v) is 2.14. The second kappa shape index (κ2) is 3.44. The molecule has 0 heterocycles. The lowest BCUT2D eigenvalue weighted by Gasteiger charge is -2.00. The summed E-state index contributed by atoms with van der Waals surface area (Å²) in [5.74, 6) is 0.194. The smallest absolute Gasteiger partial charge is 0.180 e. The molecule has 0 bridgehead atoms. The average molecular weight is 168 g/mol. The van der Waals surface area contributed by atoms with E-state index in [1.165, 1.54) is 0 Å².